The van der Waals surface area contributed by atoms with Crippen molar-refractivity contribution >= 4 is 29.1 Å². The molecule has 10 nitrogen and oxygen atoms in total. The van der Waals surface area contributed by atoms with Crippen molar-refractivity contribution in [3.05, 3.63) is 47.9 Å². The van der Waals surface area contributed by atoms with Crippen molar-refractivity contribution in [1.82, 2.24) is 19.4 Å². The summed E-state index contributed by atoms with van der Waals surface area (Å²) in [4.78, 5) is 32.7. The van der Waals surface area contributed by atoms with E-state index in [9.17, 15) is 19.2 Å². The Hall–Kier alpha value is -4.20. The fourth-order valence-electron chi connectivity index (χ4n) is 4.44. The van der Waals surface area contributed by atoms with Crippen LogP contribution in [0.1, 0.15) is 24.0 Å². The molecule has 2 N–H and O–H groups in total. The number of pyridine rings is 1. The number of carbonyl (C=O) groups excluding carboxylic acids is 2. The number of halogens is 1. The van der Waals surface area contributed by atoms with E-state index in [1.165, 1.54) is 31.7 Å². The molecule has 2 aromatic heterocycles. The Labute approximate surface area is 208 Å². The van der Waals surface area contributed by atoms with Gasteiger partial charge in [0.05, 0.1) is 25.3 Å². The molecule has 2 aliphatic heterocycles. The van der Waals surface area contributed by atoms with Gasteiger partial charge in [-0.05, 0) is 25.0 Å². The molecule has 188 valence electrons. The lowest BCUT2D eigenvalue weighted by molar-refractivity contribution is -0.146. The number of carbonyl (C=O) groups is 2. The van der Waals surface area contributed by atoms with Gasteiger partial charge < -0.3 is 20.3 Å². The normalized spacial score (nSPS) is 17.6. The second-order valence-electron chi connectivity index (χ2n) is 8.71. The highest BCUT2D eigenvalue weighted by atomic mass is 19.1. The van der Waals surface area contributed by atoms with E-state index in [-0.39, 0.29) is 23.8 Å². The molecule has 4 rings (SSSR count). The van der Waals surface area contributed by atoms with Crippen LogP contribution in [-0.4, -0.2) is 83.4 Å². The standard InChI is InChI=1S/C25H28FN7O3/c1-36-22-9-17(16-33-24(22)19(11-28)13-30-33)18(10-27)12-29-21-4-7-31(8-5-21)25(35)20-14-32(15-20)23(34)3-2-6-26/h2-3,9-10,12-13,16,20-21H,4-8,14-15,27H2,1H3/b3-2+,18-10?,29-12?. The van der Waals surface area contributed by atoms with Crippen molar-refractivity contribution in [3.8, 4) is 11.8 Å². The summed E-state index contributed by atoms with van der Waals surface area (Å²) in [6.07, 6.45) is 10.3. The number of allylic oxidation sites excluding steroid dienone is 2. The highest BCUT2D eigenvalue weighted by molar-refractivity contribution is 6.10. The van der Waals surface area contributed by atoms with Crippen LogP contribution in [0.4, 0.5) is 4.39 Å². The first kappa shape index (κ1) is 24.9. The number of hydrogen-bond donors (Lipinski definition) is 1. The maximum Gasteiger partial charge on any atom is 0.246 e. The number of alkyl halides is 1. The Morgan fingerprint density at radius 3 is 2.72 bits per heavy atom. The third-order valence-electron chi connectivity index (χ3n) is 6.52. The molecule has 0 radical (unpaired) electrons. The molecule has 0 unspecified atom stereocenters. The van der Waals surface area contributed by atoms with Gasteiger partial charge in [-0.15, -0.1) is 0 Å². The predicted octanol–water partition coefficient (Wildman–Crippen LogP) is 1.56. The van der Waals surface area contributed by atoms with Crippen LogP contribution in [0.5, 0.6) is 5.75 Å². The minimum absolute atomic E-state index is 0.0508. The Morgan fingerprint density at radius 1 is 1.33 bits per heavy atom. The summed E-state index contributed by atoms with van der Waals surface area (Å²) in [5.41, 5.74) is 8.32. The van der Waals surface area contributed by atoms with Gasteiger partial charge in [0.2, 0.25) is 11.8 Å². The van der Waals surface area contributed by atoms with Crippen LogP contribution in [0.3, 0.4) is 0 Å². The van der Waals surface area contributed by atoms with Crippen molar-refractivity contribution in [2.45, 2.75) is 18.9 Å². The van der Waals surface area contributed by atoms with Crippen LogP contribution < -0.4 is 10.5 Å². The van der Waals surface area contributed by atoms with Gasteiger partial charge in [0.1, 0.15) is 29.6 Å². The fraction of sp³-hybridized carbons (Fsp3) is 0.400. The average molecular weight is 494 g/mol. The molecule has 0 saturated carbocycles. The van der Waals surface area contributed by atoms with Crippen molar-refractivity contribution in [2.75, 3.05) is 40.0 Å². The van der Waals surface area contributed by atoms with Gasteiger partial charge in [-0.3, -0.25) is 14.6 Å². The topological polar surface area (TPSA) is 129 Å². The Morgan fingerprint density at radius 2 is 2.08 bits per heavy atom. The maximum atomic E-state index is 12.8. The minimum atomic E-state index is -0.682. The fourth-order valence-corrected chi connectivity index (χ4v) is 4.44. The monoisotopic (exact) mass is 493 g/mol. The summed E-state index contributed by atoms with van der Waals surface area (Å²) < 4.78 is 19.2. The Bertz CT molecular complexity index is 1260. The SMILES string of the molecule is COc1cc(C(C=NC2CCN(C(=O)C3CN(C(=O)/C=C/CF)C3)CC2)=CN)cn2ncc(C#N)c12. The third-order valence-corrected chi connectivity index (χ3v) is 6.52. The molecule has 0 spiro atoms. The molecule has 0 aromatic carbocycles. The lowest BCUT2D eigenvalue weighted by Crippen LogP contribution is -2.57. The van der Waals surface area contributed by atoms with E-state index in [1.54, 1.807) is 27.9 Å². The number of aliphatic imine (C=N–C) groups is 1. The van der Waals surface area contributed by atoms with Gasteiger partial charge in [0.25, 0.3) is 0 Å². The summed E-state index contributed by atoms with van der Waals surface area (Å²) in [6, 6.07) is 3.95. The number of aromatic nitrogens is 2. The highest BCUT2D eigenvalue weighted by Crippen LogP contribution is 2.27. The van der Waals surface area contributed by atoms with E-state index < -0.39 is 6.67 Å². The van der Waals surface area contributed by atoms with Crippen molar-refractivity contribution in [3.63, 3.8) is 0 Å². The zero-order chi connectivity index (χ0) is 25.7. The van der Waals surface area contributed by atoms with E-state index in [4.69, 9.17) is 15.5 Å². The predicted molar refractivity (Wildman–Crippen MR) is 132 cm³/mol. The number of hydrogen-bond acceptors (Lipinski definition) is 7. The van der Waals surface area contributed by atoms with E-state index in [2.05, 4.69) is 11.2 Å². The molecule has 2 fully saturated rings. The minimum Gasteiger partial charge on any atom is -0.494 e. The van der Waals surface area contributed by atoms with Gasteiger partial charge in [0, 0.05) is 62.0 Å². The second-order valence-corrected chi connectivity index (χ2v) is 8.71. The first-order chi connectivity index (χ1) is 17.5. The molecular weight excluding hydrogens is 465 g/mol. The quantitative estimate of drug-likeness (QED) is 0.460. The summed E-state index contributed by atoms with van der Waals surface area (Å²) in [6.45, 7) is 1.25. The van der Waals surface area contributed by atoms with E-state index in [0.29, 0.717) is 48.6 Å². The number of fused-ring (bicyclic) bond motifs is 1. The van der Waals surface area contributed by atoms with E-state index in [0.717, 1.165) is 18.4 Å². The Balaban J connectivity index is 1.33. The number of likely N-dealkylation sites (tertiary alicyclic amines) is 2. The van der Waals surface area contributed by atoms with Crippen LogP contribution in [-0.2, 0) is 9.59 Å². The van der Waals surface area contributed by atoms with Crippen LogP contribution in [0, 0.1) is 17.2 Å². The number of nitriles is 1. The van der Waals surface area contributed by atoms with Crippen LogP contribution in [0.15, 0.2) is 41.8 Å². The summed E-state index contributed by atoms with van der Waals surface area (Å²) in [5.74, 6) is 0.0994. The molecule has 4 heterocycles. The maximum absolute atomic E-state index is 12.8. The zero-order valence-corrected chi connectivity index (χ0v) is 20.0. The van der Waals surface area contributed by atoms with E-state index in [1.807, 2.05) is 4.90 Å². The van der Waals surface area contributed by atoms with E-state index >= 15 is 0 Å². The van der Waals surface area contributed by atoms with Crippen LogP contribution in [0.25, 0.3) is 11.1 Å². The molecule has 2 aromatic rings. The molecule has 36 heavy (non-hydrogen) atoms. The van der Waals surface area contributed by atoms with Gasteiger partial charge >= 0.3 is 0 Å². The molecular formula is C25H28FN7O3. The number of amides is 2. The van der Waals surface area contributed by atoms with Gasteiger partial charge in [-0.25, -0.2) is 8.91 Å². The lowest BCUT2D eigenvalue weighted by Gasteiger charge is -2.41. The molecule has 2 saturated heterocycles. The van der Waals surface area contributed by atoms with Crippen molar-refractivity contribution in [2.24, 2.45) is 16.6 Å². The van der Waals surface area contributed by atoms with Gasteiger partial charge in [-0.2, -0.15) is 10.4 Å². The number of piperidine rings is 1. The molecule has 0 bridgehead atoms. The average Bonchev–Trinajstić information content (AvgIpc) is 3.30. The highest BCUT2D eigenvalue weighted by Gasteiger charge is 2.38. The summed E-state index contributed by atoms with van der Waals surface area (Å²) in [7, 11) is 1.53. The number of nitrogens with zero attached hydrogens (tertiary/aromatic N) is 6. The van der Waals surface area contributed by atoms with Crippen LogP contribution >= 0.6 is 0 Å². The smallest absolute Gasteiger partial charge is 0.246 e. The van der Waals surface area contributed by atoms with Crippen molar-refractivity contribution in [1.29, 1.82) is 5.26 Å². The van der Waals surface area contributed by atoms with Crippen LogP contribution in [0.2, 0.25) is 0 Å². The number of nitrogens with two attached hydrogens (primary N) is 1. The van der Waals surface area contributed by atoms with Gasteiger partial charge in [-0.1, -0.05) is 0 Å². The number of ether oxygens (including phenoxy) is 1. The third kappa shape index (κ3) is 5.07. The lowest BCUT2D eigenvalue weighted by atomic mass is 9.96. The van der Waals surface area contributed by atoms with Gasteiger partial charge in [0.15, 0.2) is 0 Å². The first-order valence-electron chi connectivity index (χ1n) is 11.7. The Kier molecular flexibility index (Phi) is 7.63. The largest absolute Gasteiger partial charge is 0.494 e. The zero-order valence-electron chi connectivity index (χ0n) is 20.0. The number of methoxy groups -OCH3 is 1. The van der Waals surface area contributed by atoms with Crippen molar-refractivity contribution < 1.29 is 18.7 Å². The summed E-state index contributed by atoms with van der Waals surface area (Å²) >= 11 is 0. The molecule has 0 aliphatic carbocycles. The molecule has 0 atom stereocenters. The number of rotatable bonds is 7. The second kappa shape index (κ2) is 11.0. The molecule has 2 aliphatic rings. The first-order valence-corrected chi connectivity index (χ1v) is 11.7. The molecule has 11 heteroatoms. The molecule has 2 amide bonds. The summed E-state index contributed by atoms with van der Waals surface area (Å²) in [5, 5.41) is 13.5.